The third-order valence-corrected chi connectivity index (χ3v) is 8.25. The maximum absolute atomic E-state index is 13.4. The van der Waals surface area contributed by atoms with Crippen LogP contribution in [0.15, 0.2) is 93.1 Å². The van der Waals surface area contributed by atoms with Gasteiger partial charge in [-0.2, -0.15) is 13.2 Å². The Bertz CT molecular complexity index is 1950. The lowest BCUT2D eigenvalue weighted by Crippen LogP contribution is -2.40. The molecule has 0 fully saturated rings. The number of pyridine rings is 1. The van der Waals surface area contributed by atoms with E-state index in [4.69, 9.17) is 9.15 Å². The first-order valence-corrected chi connectivity index (χ1v) is 16.3. The second-order valence-electron chi connectivity index (χ2n) is 12.2. The van der Waals surface area contributed by atoms with E-state index in [2.05, 4.69) is 15.6 Å². The lowest BCUT2D eigenvalue weighted by molar-refractivity contribution is -0.134. The summed E-state index contributed by atoms with van der Waals surface area (Å²) >= 11 is 1.54. The number of amides is 2. The zero-order valence-corrected chi connectivity index (χ0v) is 28.1. The SMILES string of the molecule is CCOc1cccc(Sc2ccc(-c3oc4nc(CCC(F)(F)F)c(-c5cccc(C(=O)NC(C)(C)C)c5)cc4c3C(=O)NC)cc2)c1. The van der Waals surface area contributed by atoms with Crippen LogP contribution >= 0.6 is 11.8 Å². The highest BCUT2D eigenvalue weighted by atomic mass is 32.2. The van der Waals surface area contributed by atoms with Crippen molar-refractivity contribution in [1.29, 1.82) is 0 Å². The smallest absolute Gasteiger partial charge is 0.389 e. The van der Waals surface area contributed by atoms with E-state index in [1.165, 1.54) is 7.05 Å². The van der Waals surface area contributed by atoms with Crippen molar-refractivity contribution in [3.05, 3.63) is 95.7 Å². The molecule has 2 N–H and O–H groups in total. The Labute approximate surface area is 281 Å². The second-order valence-corrected chi connectivity index (χ2v) is 13.3. The van der Waals surface area contributed by atoms with Crippen molar-refractivity contribution >= 4 is 34.7 Å². The van der Waals surface area contributed by atoms with Crippen LogP contribution in [-0.2, 0) is 6.42 Å². The third kappa shape index (κ3) is 8.38. The minimum atomic E-state index is -4.42. The summed E-state index contributed by atoms with van der Waals surface area (Å²) in [6, 6.07) is 23.4. The predicted molar refractivity (Wildman–Crippen MR) is 182 cm³/mol. The van der Waals surface area contributed by atoms with E-state index in [-0.39, 0.29) is 28.6 Å². The number of nitrogens with one attached hydrogen (secondary N) is 2. The number of rotatable bonds is 10. The van der Waals surface area contributed by atoms with E-state index in [0.717, 1.165) is 15.5 Å². The van der Waals surface area contributed by atoms with E-state index in [1.807, 2.05) is 76.2 Å². The number of halogens is 3. The summed E-state index contributed by atoms with van der Waals surface area (Å²) in [5.41, 5.74) is 1.68. The van der Waals surface area contributed by atoms with Crippen LogP contribution in [0.3, 0.4) is 0 Å². The highest BCUT2D eigenvalue weighted by molar-refractivity contribution is 7.99. The highest BCUT2D eigenvalue weighted by Crippen LogP contribution is 2.39. The second kappa shape index (κ2) is 14.1. The fourth-order valence-corrected chi connectivity index (χ4v) is 6.03. The van der Waals surface area contributed by atoms with E-state index in [0.29, 0.717) is 34.2 Å². The Balaban J connectivity index is 1.59. The van der Waals surface area contributed by atoms with Crippen molar-refractivity contribution in [3.8, 4) is 28.2 Å². The molecule has 2 heterocycles. The first-order chi connectivity index (χ1) is 22.7. The van der Waals surface area contributed by atoms with Crippen molar-refractivity contribution in [2.75, 3.05) is 13.7 Å². The minimum Gasteiger partial charge on any atom is -0.494 e. The van der Waals surface area contributed by atoms with Gasteiger partial charge in [0.1, 0.15) is 11.5 Å². The first-order valence-electron chi connectivity index (χ1n) is 15.4. The molecule has 0 bridgehead atoms. The van der Waals surface area contributed by atoms with E-state index >= 15 is 0 Å². The van der Waals surface area contributed by atoms with Crippen LogP contribution in [0.1, 0.15) is 60.5 Å². The molecule has 0 atom stereocenters. The Morgan fingerprint density at radius 2 is 1.62 bits per heavy atom. The predicted octanol–water partition coefficient (Wildman–Crippen LogP) is 9.09. The number of carbonyl (C=O) groups excluding carboxylic acids is 2. The van der Waals surface area contributed by atoms with Crippen LogP contribution in [0.2, 0.25) is 0 Å². The Morgan fingerprint density at radius 3 is 2.29 bits per heavy atom. The zero-order valence-electron chi connectivity index (χ0n) is 27.2. The highest BCUT2D eigenvalue weighted by Gasteiger charge is 2.29. The van der Waals surface area contributed by atoms with Crippen molar-refractivity contribution in [1.82, 2.24) is 15.6 Å². The van der Waals surface area contributed by atoms with Gasteiger partial charge in [-0.1, -0.05) is 42.1 Å². The maximum Gasteiger partial charge on any atom is 0.389 e. The summed E-state index contributed by atoms with van der Waals surface area (Å²) in [4.78, 5) is 32.8. The molecule has 0 saturated heterocycles. The van der Waals surface area contributed by atoms with Crippen LogP contribution in [-0.4, -0.2) is 42.2 Å². The molecule has 48 heavy (non-hydrogen) atoms. The largest absolute Gasteiger partial charge is 0.494 e. The van der Waals surface area contributed by atoms with E-state index < -0.39 is 30.5 Å². The van der Waals surface area contributed by atoms with Gasteiger partial charge in [0.25, 0.3) is 11.8 Å². The number of benzene rings is 3. The van der Waals surface area contributed by atoms with Gasteiger partial charge >= 0.3 is 6.18 Å². The number of aromatic nitrogens is 1. The van der Waals surface area contributed by atoms with Crippen LogP contribution in [0.4, 0.5) is 13.2 Å². The quantitative estimate of drug-likeness (QED) is 0.153. The van der Waals surface area contributed by atoms with Gasteiger partial charge in [0.15, 0.2) is 0 Å². The normalized spacial score (nSPS) is 11.8. The van der Waals surface area contributed by atoms with Crippen LogP contribution < -0.4 is 15.4 Å². The lowest BCUT2D eigenvalue weighted by atomic mass is 9.96. The molecule has 0 saturated carbocycles. The van der Waals surface area contributed by atoms with Gasteiger partial charge in [-0.25, -0.2) is 4.98 Å². The molecule has 2 aromatic heterocycles. The van der Waals surface area contributed by atoms with Crippen LogP contribution in [0, 0.1) is 0 Å². The standard InChI is InChI=1S/C37H36F3N3O4S/c1-6-46-25-11-8-12-27(20-25)48-26-15-13-22(14-16-26)32-31(34(45)41-5)29-21-28(30(42-35(29)47-32)17-18-37(38,39)40)23-9-7-10-24(19-23)33(44)43-36(2,3)4/h7-16,19-21H,6,17-18H2,1-5H3,(H,41,45)(H,43,44). The molecular weight excluding hydrogens is 639 g/mol. The molecule has 0 aliphatic rings. The summed E-state index contributed by atoms with van der Waals surface area (Å²) < 4.78 is 52.0. The number of hydrogen-bond donors (Lipinski definition) is 2. The molecule has 0 spiro atoms. The van der Waals surface area contributed by atoms with Gasteiger partial charge in [0.05, 0.1) is 23.3 Å². The monoisotopic (exact) mass is 675 g/mol. The third-order valence-electron chi connectivity index (χ3n) is 7.25. The number of furan rings is 1. The molecule has 0 aliphatic carbocycles. The Kier molecular flexibility index (Phi) is 10.2. The molecule has 2 amide bonds. The van der Waals surface area contributed by atoms with Crippen molar-refractivity contribution in [2.24, 2.45) is 0 Å². The average molecular weight is 676 g/mol. The fraction of sp³-hybridized carbons (Fsp3) is 0.270. The van der Waals surface area contributed by atoms with Gasteiger partial charge in [0.2, 0.25) is 5.71 Å². The number of fused-ring (bicyclic) bond motifs is 1. The van der Waals surface area contributed by atoms with Crippen molar-refractivity contribution in [2.45, 2.75) is 62.0 Å². The lowest BCUT2D eigenvalue weighted by Gasteiger charge is -2.20. The molecule has 0 unspecified atom stereocenters. The molecular formula is C37H36F3N3O4S. The molecule has 11 heteroatoms. The molecule has 7 nitrogen and oxygen atoms in total. The first kappa shape index (κ1) is 34.6. The summed E-state index contributed by atoms with van der Waals surface area (Å²) in [6.45, 7) is 8.05. The van der Waals surface area contributed by atoms with Crippen LogP contribution in [0.5, 0.6) is 5.75 Å². The average Bonchev–Trinajstić information content (AvgIpc) is 3.41. The number of ether oxygens (including phenoxy) is 1. The maximum atomic E-state index is 13.4. The van der Waals surface area contributed by atoms with Gasteiger partial charge < -0.3 is 19.8 Å². The van der Waals surface area contributed by atoms with Gasteiger partial charge in [0, 0.05) is 45.5 Å². The zero-order chi connectivity index (χ0) is 34.6. The number of carbonyl (C=O) groups is 2. The summed E-state index contributed by atoms with van der Waals surface area (Å²) in [5.74, 6) is 0.251. The van der Waals surface area contributed by atoms with E-state index in [1.54, 1.807) is 42.1 Å². The molecule has 3 aromatic carbocycles. The minimum absolute atomic E-state index is 0.0392. The van der Waals surface area contributed by atoms with Crippen LogP contribution in [0.25, 0.3) is 33.6 Å². The van der Waals surface area contributed by atoms with Gasteiger partial charge in [-0.15, -0.1) is 0 Å². The number of alkyl halides is 3. The Morgan fingerprint density at radius 1 is 0.896 bits per heavy atom. The number of aryl methyl sites for hydroxylation is 1. The molecule has 250 valence electrons. The summed E-state index contributed by atoms with van der Waals surface area (Å²) in [6.07, 6.45) is -5.95. The van der Waals surface area contributed by atoms with Crippen molar-refractivity contribution < 1.29 is 31.9 Å². The van der Waals surface area contributed by atoms with Gasteiger partial charge in [-0.3, -0.25) is 9.59 Å². The van der Waals surface area contributed by atoms with Crippen molar-refractivity contribution in [3.63, 3.8) is 0 Å². The van der Waals surface area contributed by atoms with Gasteiger partial charge in [-0.05, 0) is 88.2 Å². The number of nitrogens with zero attached hydrogens (tertiary/aromatic N) is 1. The number of hydrogen-bond acceptors (Lipinski definition) is 6. The van der Waals surface area contributed by atoms with E-state index in [9.17, 15) is 22.8 Å². The molecule has 5 rings (SSSR count). The topological polar surface area (TPSA) is 93.5 Å². The fourth-order valence-electron chi connectivity index (χ4n) is 5.16. The molecule has 5 aromatic rings. The summed E-state index contributed by atoms with van der Waals surface area (Å²) in [5, 5.41) is 5.89. The summed E-state index contributed by atoms with van der Waals surface area (Å²) in [7, 11) is 1.49. The Hall–Kier alpha value is -4.77. The molecule has 0 aliphatic heterocycles. The molecule has 0 radical (unpaired) electrons.